The van der Waals surface area contributed by atoms with E-state index in [1.165, 1.54) is 10.5 Å². The van der Waals surface area contributed by atoms with Gasteiger partial charge in [0.05, 0.1) is 5.69 Å². The van der Waals surface area contributed by atoms with Crippen LogP contribution in [0.5, 0.6) is 0 Å². The lowest BCUT2D eigenvalue weighted by molar-refractivity contribution is -0.142. The molecule has 3 aromatic rings. The standard InChI is InChI=1S/C30H30N4O2/c1-7-21(5)34-29(35)25(22(6)26(16-31)30(34)36)15-23-17-33(24-11-9-8-10-12-24)32-28(23)27-19(3)13-18(2)14-20(27)4/h8-15,17,21H,7H2,1-6H3/b25-15+. The molecule has 0 fully saturated rings. The summed E-state index contributed by atoms with van der Waals surface area (Å²) in [6.07, 6.45) is 4.27. The van der Waals surface area contributed by atoms with Crippen LogP contribution in [0.1, 0.15) is 49.4 Å². The van der Waals surface area contributed by atoms with Crippen molar-refractivity contribution in [1.29, 1.82) is 5.26 Å². The summed E-state index contributed by atoms with van der Waals surface area (Å²) in [6.45, 7) is 11.6. The molecule has 0 N–H and O–H groups in total. The minimum Gasteiger partial charge on any atom is -0.271 e. The molecule has 0 saturated carbocycles. The molecule has 2 heterocycles. The maximum atomic E-state index is 13.6. The van der Waals surface area contributed by atoms with Gasteiger partial charge in [0.1, 0.15) is 17.3 Å². The highest BCUT2D eigenvalue weighted by Gasteiger charge is 2.38. The summed E-state index contributed by atoms with van der Waals surface area (Å²) in [6, 6.07) is 15.7. The molecule has 0 spiro atoms. The molecule has 4 rings (SSSR count). The molecule has 2 aromatic carbocycles. The van der Waals surface area contributed by atoms with E-state index in [0.29, 0.717) is 17.6 Å². The Morgan fingerprint density at radius 2 is 1.67 bits per heavy atom. The zero-order valence-electron chi connectivity index (χ0n) is 21.6. The van der Waals surface area contributed by atoms with Crippen molar-refractivity contribution in [3.05, 3.63) is 87.6 Å². The van der Waals surface area contributed by atoms with E-state index in [0.717, 1.165) is 33.6 Å². The number of benzene rings is 2. The Labute approximate surface area is 212 Å². The zero-order valence-corrected chi connectivity index (χ0v) is 21.6. The number of para-hydroxylation sites is 1. The monoisotopic (exact) mass is 478 g/mol. The molecule has 2 amide bonds. The van der Waals surface area contributed by atoms with Gasteiger partial charge in [-0.05, 0) is 75.9 Å². The van der Waals surface area contributed by atoms with Gasteiger partial charge in [-0.3, -0.25) is 14.5 Å². The van der Waals surface area contributed by atoms with Gasteiger partial charge < -0.3 is 0 Å². The van der Waals surface area contributed by atoms with Gasteiger partial charge >= 0.3 is 0 Å². The normalized spacial score (nSPS) is 16.0. The third kappa shape index (κ3) is 4.29. The second-order valence-corrected chi connectivity index (χ2v) is 9.39. The molecular formula is C30H30N4O2. The first-order chi connectivity index (χ1) is 17.2. The Morgan fingerprint density at radius 3 is 2.25 bits per heavy atom. The minimum absolute atomic E-state index is 0.000785. The second-order valence-electron chi connectivity index (χ2n) is 9.39. The van der Waals surface area contributed by atoms with Crippen LogP contribution in [0.25, 0.3) is 23.0 Å². The SMILES string of the molecule is CCC(C)N1C(=O)C(C#N)=C(C)/C(=C\c2cn(-c3ccccc3)nc2-c2c(C)cc(C)cc2C)C1=O. The number of imide groups is 1. The Kier molecular flexibility index (Phi) is 6.76. The summed E-state index contributed by atoms with van der Waals surface area (Å²) < 4.78 is 1.80. The Morgan fingerprint density at radius 1 is 1.03 bits per heavy atom. The van der Waals surface area contributed by atoms with Crippen LogP contribution in [0.2, 0.25) is 0 Å². The smallest absolute Gasteiger partial charge is 0.271 e. The fraction of sp³-hybridized carbons (Fsp3) is 0.267. The molecule has 0 bridgehead atoms. The highest BCUT2D eigenvalue weighted by atomic mass is 16.2. The number of aromatic nitrogens is 2. The first-order valence-corrected chi connectivity index (χ1v) is 12.1. The fourth-order valence-electron chi connectivity index (χ4n) is 4.79. The van der Waals surface area contributed by atoms with Crippen molar-refractivity contribution in [2.24, 2.45) is 0 Å². The molecule has 6 heteroatoms. The number of nitriles is 1. The molecule has 36 heavy (non-hydrogen) atoms. The van der Waals surface area contributed by atoms with E-state index in [9.17, 15) is 14.9 Å². The van der Waals surface area contributed by atoms with Crippen molar-refractivity contribution in [3.8, 4) is 23.0 Å². The van der Waals surface area contributed by atoms with Crippen LogP contribution >= 0.6 is 0 Å². The lowest BCUT2D eigenvalue weighted by Crippen LogP contribution is -2.47. The van der Waals surface area contributed by atoms with Crippen LogP contribution in [0.15, 0.2) is 65.4 Å². The summed E-state index contributed by atoms with van der Waals surface area (Å²) in [5, 5.41) is 14.7. The van der Waals surface area contributed by atoms with Crippen LogP contribution in [0.3, 0.4) is 0 Å². The largest absolute Gasteiger partial charge is 0.271 e. The summed E-state index contributed by atoms with van der Waals surface area (Å²) >= 11 is 0. The third-order valence-corrected chi connectivity index (χ3v) is 6.78. The molecule has 182 valence electrons. The molecule has 0 radical (unpaired) electrons. The number of aryl methyl sites for hydroxylation is 3. The lowest BCUT2D eigenvalue weighted by Gasteiger charge is -2.31. The molecular weight excluding hydrogens is 448 g/mol. The first kappa shape index (κ1) is 24.9. The predicted molar refractivity (Wildman–Crippen MR) is 141 cm³/mol. The van der Waals surface area contributed by atoms with Crippen molar-refractivity contribution in [2.75, 3.05) is 0 Å². The van der Waals surface area contributed by atoms with Gasteiger partial charge in [-0.1, -0.05) is 42.8 Å². The topological polar surface area (TPSA) is 79.0 Å². The van der Waals surface area contributed by atoms with E-state index in [1.54, 1.807) is 17.7 Å². The summed E-state index contributed by atoms with van der Waals surface area (Å²) in [4.78, 5) is 27.7. The van der Waals surface area contributed by atoms with Gasteiger partial charge in [-0.2, -0.15) is 10.4 Å². The fourth-order valence-corrected chi connectivity index (χ4v) is 4.79. The Bertz CT molecular complexity index is 1450. The lowest BCUT2D eigenvalue weighted by atomic mass is 9.91. The number of hydrogen-bond donors (Lipinski definition) is 0. The molecule has 1 aromatic heterocycles. The Hall–Kier alpha value is -4.24. The molecule has 0 aliphatic carbocycles. The van der Waals surface area contributed by atoms with Crippen LogP contribution in [-0.4, -0.2) is 32.5 Å². The van der Waals surface area contributed by atoms with Gasteiger partial charge in [0.2, 0.25) is 0 Å². The van der Waals surface area contributed by atoms with Crippen LogP contribution in [0, 0.1) is 32.1 Å². The molecule has 1 aliphatic heterocycles. The van der Waals surface area contributed by atoms with Crippen LogP contribution in [-0.2, 0) is 9.59 Å². The summed E-state index contributed by atoms with van der Waals surface area (Å²) in [5.41, 5.74) is 7.44. The van der Waals surface area contributed by atoms with Crippen molar-refractivity contribution >= 4 is 17.9 Å². The number of carbonyl (C=O) groups is 2. The van der Waals surface area contributed by atoms with Crippen molar-refractivity contribution < 1.29 is 9.59 Å². The van der Waals surface area contributed by atoms with Gasteiger partial charge in [-0.25, -0.2) is 4.68 Å². The van der Waals surface area contributed by atoms with Crippen LogP contribution in [0.4, 0.5) is 0 Å². The maximum absolute atomic E-state index is 13.6. The van der Waals surface area contributed by atoms with E-state index in [1.807, 2.05) is 56.4 Å². The van der Waals surface area contributed by atoms with Gasteiger partial charge in [-0.15, -0.1) is 0 Å². The zero-order chi connectivity index (χ0) is 26.1. The number of nitrogens with zero attached hydrogens (tertiary/aromatic N) is 4. The number of amides is 2. The quantitative estimate of drug-likeness (QED) is 0.340. The van der Waals surface area contributed by atoms with E-state index in [4.69, 9.17) is 5.10 Å². The summed E-state index contributed by atoms with van der Waals surface area (Å²) in [5.74, 6) is -0.918. The minimum atomic E-state index is -0.531. The van der Waals surface area contributed by atoms with Gasteiger partial charge in [0, 0.05) is 28.9 Å². The third-order valence-electron chi connectivity index (χ3n) is 6.78. The molecule has 1 aliphatic rings. The predicted octanol–water partition coefficient (Wildman–Crippen LogP) is 5.86. The van der Waals surface area contributed by atoms with Crippen molar-refractivity contribution in [1.82, 2.24) is 14.7 Å². The van der Waals surface area contributed by atoms with E-state index >= 15 is 0 Å². The van der Waals surface area contributed by atoms with E-state index < -0.39 is 5.91 Å². The molecule has 1 atom stereocenters. The first-order valence-electron chi connectivity index (χ1n) is 12.1. The van der Waals surface area contributed by atoms with Crippen molar-refractivity contribution in [2.45, 2.75) is 54.0 Å². The van der Waals surface area contributed by atoms with E-state index in [-0.39, 0.29) is 17.5 Å². The summed E-state index contributed by atoms with van der Waals surface area (Å²) in [7, 11) is 0. The van der Waals surface area contributed by atoms with Crippen LogP contribution < -0.4 is 0 Å². The number of rotatable bonds is 5. The average molecular weight is 479 g/mol. The second kappa shape index (κ2) is 9.79. The maximum Gasteiger partial charge on any atom is 0.271 e. The number of hydrogen-bond acceptors (Lipinski definition) is 4. The molecule has 0 saturated heterocycles. The van der Waals surface area contributed by atoms with Gasteiger partial charge in [0.15, 0.2) is 0 Å². The van der Waals surface area contributed by atoms with E-state index in [2.05, 4.69) is 32.9 Å². The van der Waals surface area contributed by atoms with Crippen molar-refractivity contribution in [3.63, 3.8) is 0 Å². The average Bonchev–Trinajstić information content (AvgIpc) is 3.25. The number of carbonyl (C=O) groups excluding carboxylic acids is 2. The Balaban J connectivity index is 1.99. The highest BCUT2D eigenvalue weighted by molar-refractivity contribution is 6.20. The highest BCUT2D eigenvalue weighted by Crippen LogP contribution is 2.35. The molecule has 1 unspecified atom stereocenters. The molecule has 6 nitrogen and oxygen atoms in total. The van der Waals surface area contributed by atoms with Gasteiger partial charge in [0.25, 0.3) is 11.8 Å².